The van der Waals surface area contributed by atoms with Crippen LogP contribution in [0, 0.1) is 5.41 Å². The minimum atomic E-state index is -4.89. The van der Waals surface area contributed by atoms with Crippen LogP contribution >= 0.6 is 0 Å². The number of carbonyl (C=O) groups is 1. The normalized spacial score (nSPS) is 38.7. The predicted molar refractivity (Wildman–Crippen MR) is 44.8 cm³/mol. The molecule has 2 N–H and O–H groups in total. The number of halogens is 3. The van der Waals surface area contributed by atoms with Crippen LogP contribution in [0.4, 0.5) is 13.2 Å². The maximum atomic E-state index is 11.8. The van der Waals surface area contributed by atoms with Crippen molar-refractivity contribution in [1.29, 1.82) is 0 Å². The molecule has 0 amide bonds. The van der Waals surface area contributed by atoms with E-state index in [9.17, 15) is 18.0 Å². The summed E-state index contributed by atoms with van der Waals surface area (Å²) >= 11 is 0. The van der Waals surface area contributed by atoms with Gasteiger partial charge in [-0.3, -0.25) is 0 Å². The van der Waals surface area contributed by atoms with Gasteiger partial charge in [-0.05, 0) is 25.7 Å². The van der Waals surface area contributed by atoms with Crippen molar-refractivity contribution in [2.24, 2.45) is 11.1 Å². The van der Waals surface area contributed by atoms with Gasteiger partial charge in [-0.1, -0.05) is 0 Å². The molecule has 0 radical (unpaired) electrons. The lowest BCUT2D eigenvalue weighted by Crippen LogP contribution is -2.52. The molecule has 0 aromatic rings. The highest BCUT2D eigenvalue weighted by Gasteiger charge is 2.59. The third-order valence-electron chi connectivity index (χ3n) is 3.35. The molecule has 0 unspecified atom stereocenters. The van der Waals surface area contributed by atoms with Gasteiger partial charge >= 0.3 is 12.1 Å². The number of alkyl halides is 3. The monoisotopic (exact) mass is 223 g/mol. The summed E-state index contributed by atoms with van der Waals surface area (Å²) in [5.74, 6) is -2.10. The van der Waals surface area contributed by atoms with Crippen molar-refractivity contribution in [3.8, 4) is 0 Å². The Morgan fingerprint density at radius 3 is 2.33 bits per heavy atom. The molecule has 3 fully saturated rings. The standard InChI is InChI=1S/C9H12F3NO2/c10-9(11,12)6(14)15-5-7-1-2-8(13,3-7)4-7/h1-5,13H2. The molecule has 0 saturated heterocycles. The first kappa shape index (κ1) is 10.7. The molecule has 0 aromatic carbocycles. The van der Waals surface area contributed by atoms with E-state index in [1.165, 1.54) is 0 Å². The van der Waals surface area contributed by atoms with Crippen LogP contribution in [-0.4, -0.2) is 24.3 Å². The molecule has 15 heavy (non-hydrogen) atoms. The summed E-state index contributed by atoms with van der Waals surface area (Å²) in [5.41, 5.74) is 5.39. The van der Waals surface area contributed by atoms with Gasteiger partial charge in [-0.25, -0.2) is 4.79 Å². The minimum absolute atomic E-state index is 0.149. The molecule has 3 saturated carbocycles. The molecule has 0 aromatic heterocycles. The molecule has 0 atom stereocenters. The molecule has 86 valence electrons. The number of esters is 1. The quantitative estimate of drug-likeness (QED) is 0.719. The van der Waals surface area contributed by atoms with E-state index in [1.807, 2.05) is 0 Å². The third kappa shape index (κ3) is 1.82. The van der Waals surface area contributed by atoms with Gasteiger partial charge < -0.3 is 10.5 Å². The van der Waals surface area contributed by atoms with Gasteiger partial charge in [-0.2, -0.15) is 13.2 Å². The second kappa shape index (κ2) is 2.87. The van der Waals surface area contributed by atoms with Gasteiger partial charge in [0.25, 0.3) is 0 Å². The molecular formula is C9H12F3NO2. The largest absolute Gasteiger partial charge is 0.490 e. The minimum Gasteiger partial charge on any atom is -0.458 e. The van der Waals surface area contributed by atoms with Crippen molar-refractivity contribution in [2.75, 3.05) is 6.61 Å². The van der Waals surface area contributed by atoms with E-state index in [1.54, 1.807) is 0 Å². The van der Waals surface area contributed by atoms with Crippen LogP contribution in [0.25, 0.3) is 0 Å². The summed E-state index contributed by atoms with van der Waals surface area (Å²) in [4.78, 5) is 10.5. The lowest BCUT2D eigenvalue weighted by molar-refractivity contribution is -0.204. The van der Waals surface area contributed by atoms with Gasteiger partial charge in [0.05, 0.1) is 6.61 Å². The fourth-order valence-electron chi connectivity index (χ4n) is 2.78. The van der Waals surface area contributed by atoms with Crippen molar-refractivity contribution in [3.63, 3.8) is 0 Å². The first-order valence-electron chi connectivity index (χ1n) is 4.78. The Bertz CT molecular complexity index is 294. The Labute approximate surface area is 84.8 Å². The summed E-state index contributed by atoms with van der Waals surface area (Å²) < 4.78 is 39.8. The van der Waals surface area contributed by atoms with Gasteiger partial charge in [0.1, 0.15) is 0 Å². The van der Waals surface area contributed by atoms with Gasteiger partial charge in [0.15, 0.2) is 0 Å². The fourth-order valence-corrected chi connectivity index (χ4v) is 2.78. The van der Waals surface area contributed by atoms with Crippen molar-refractivity contribution in [3.05, 3.63) is 0 Å². The van der Waals surface area contributed by atoms with Crippen molar-refractivity contribution < 1.29 is 22.7 Å². The highest BCUT2D eigenvalue weighted by Crippen LogP contribution is 2.60. The first-order valence-corrected chi connectivity index (χ1v) is 4.78. The Morgan fingerprint density at radius 1 is 1.33 bits per heavy atom. The van der Waals surface area contributed by atoms with Crippen molar-refractivity contribution in [1.82, 2.24) is 0 Å². The van der Waals surface area contributed by atoms with E-state index in [2.05, 4.69) is 4.74 Å². The topological polar surface area (TPSA) is 52.3 Å². The number of hydrogen-bond donors (Lipinski definition) is 1. The van der Waals surface area contributed by atoms with E-state index in [0.29, 0.717) is 12.8 Å². The Morgan fingerprint density at radius 2 is 1.93 bits per heavy atom. The summed E-state index contributed by atoms with van der Waals surface area (Å²) in [7, 11) is 0. The summed E-state index contributed by atoms with van der Waals surface area (Å²) in [5, 5.41) is 0. The molecule has 3 nitrogen and oxygen atoms in total. The molecule has 0 heterocycles. The highest BCUT2D eigenvalue weighted by molar-refractivity contribution is 5.75. The zero-order valence-corrected chi connectivity index (χ0v) is 8.06. The number of hydrogen-bond acceptors (Lipinski definition) is 3. The van der Waals surface area contributed by atoms with Crippen LogP contribution in [-0.2, 0) is 9.53 Å². The number of ether oxygens (including phenoxy) is 1. The Kier molecular flexibility index (Phi) is 2.05. The van der Waals surface area contributed by atoms with E-state index >= 15 is 0 Å². The molecule has 3 rings (SSSR count). The van der Waals surface area contributed by atoms with Crippen LogP contribution in [0.1, 0.15) is 25.7 Å². The van der Waals surface area contributed by atoms with Gasteiger partial charge in [-0.15, -0.1) is 0 Å². The van der Waals surface area contributed by atoms with Crippen LogP contribution < -0.4 is 5.73 Å². The van der Waals surface area contributed by atoms with Crippen molar-refractivity contribution in [2.45, 2.75) is 37.4 Å². The molecule has 0 aliphatic heterocycles. The van der Waals surface area contributed by atoms with E-state index in [-0.39, 0.29) is 17.6 Å². The summed E-state index contributed by atoms with van der Waals surface area (Å²) in [6.07, 6.45) is -1.97. The van der Waals surface area contributed by atoms with Crippen LogP contribution in [0.5, 0.6) is 0 Å². The van der Waals surface area contributed by atoms with Crippen LogP contribution in [0.15, 0.2) is 0 Å². The maximum absolute atomic E-state index is 11.8. The average molecular weight is 223 g/mol. The first-order chi connectivity index (χ1) is 6.75. The molecule has 3 aliphatic rings. The van der Waals surface area contributed by atoms with Gasteiger partial charge in [0.2, 0.25) is 0 Å². The smallest absolute Gasteiger partial charge is 0.458 e. The zero-order valence-electron chi connectivity index (χ0n) is 8.06. The second-order valence-electron chi connectivity index (χ2n) is 4.79. The molecule has 0 spiro atoms. The number of rotatable bonds is 2. The maximum Gasteiger partial charge on any atom is 0.490 e. The predicted octanol–water partition coefficient (Wildman–Crippen LogP) is 1.36. The zero-order chi connectivity index (χ0) is 11.3. The number of nitrogens with two attached hydrogens (primary N) is 1. The lowest BCUT2D eigenvalue weighted by Gasteiger charge is -2.44. The lowest BCUT2D eigenvalue weighted by atomic mass is 9.66. The van der Waals surface area contributed by atoms with Crippen LogP contribution in [0.2, 0.25) is 0 Å². The highest BCUT2D eigenvalue weighted by atomic mass is 19.4. The van der Waals surface area contributed by atoms with Crippen molar-refractivity contribution >= 4 is 5.97 Å². The summed E-state index contributed by atoms with van der Waals surface area (Å²) in [6, 6.07) is 0. The van der Waals surface area contributed by atoms with Crippen LogP contribution in [0.3, 0.4) is 0 Å². The van der Waals surface area contributed by atoms with E-state index < -0.39 is 12.1 Å². The Balaban J connectivity index is 1.83. The fraction of sp³-hybridized carbons (Fsp3) is 0.889. The second-order valence-corrected chi connectivity index (χ2v) is 4.79. The average Bonchev–Trinajstić information content (AvgIpc) is 2.52. The number of carbonyl (C=O) groups excluding carboxylic acids is 1. The molecule has 3 aliphatic carbocycles. The SMILES string of the molecule is NC12CCC(COC(=O)C(F)(F)F)(C1)C2. The van der Waals surface area contributed by atoms with E-state index in [4.69, 9.17) is 5.73 Å². The van der Waals surface area contributed by atoms with E-state index in [0.717, 1.165) is 12.8 Å². The third-order valence-corrected chi connectivity index (χ3v) is 3.35. The number of fused-ring (bicyclic) bond motifs is 1. The molecular weight excluding hydrogens is 211 g/mol. The Hall–Kier alpha value is -0.780. The molecule has 2 bridgehead atoms. The van der Waals surface area contributed by atoms with Gasteiger partial charge in [0, 0.05) is 11.0 Å². The summed E-state index contributed by atoms with van der Waals surface area (Å²) in [6.45, 7) is -0.149. The molecule has 6 heteroatoms.